The second kappa shape index (κ2) is 7.80. The molecule has 0 aromatic heterocycles. The second-order valence-corrected chi connectivity index (χ2v) is 10.7. The highest BCUT2D eigenvalue weighted by Crippen LogP contribution is 2.49. The third-order valence-corrected chi connectivity index (χ3v) is 7.61. The Hall–Kier alpha value is -2.08. The van der Waals surface area contributed by atoms with Gasteiger partial charge in [0.15, 0.2) is 0 Å². The zero-order valence-electron chi connectivity index (χ0n) is 19.3. The predicted molar refractivity (Wildman–Crippen MR) is 120 cm³/mol. The SMILES string of the molecule is CC(C)Oc1ccc(N2CC[C@]3(CC[C@](O)(CN4C(=O)CCC4(C)C)CC3)C2=O)cc1. The number of carbonyl (C=O) groups excluding carboxylic acids is 2. The van der Waals surface area contributed by atoms with E-state index in [0.717, 1.165) is 24.3 Å². The number of anilines is 1. The third kappa shape index (κ3) is 4.19. The number of amides is 2. The minimum atomic E-state index is -0.897. The van der Waals surface area contributed by atoms with Gasteiger partial charge in [-0.05, 0) is 90.5 Å². The molecule has 2 heterocycles. The van der Waals surface area contributed by atoms with E-state index in [2.05, 4.69) is 13.8 Å². The normalized spacial score (nSPS) is 30.6. The van der Waals surface area contributed by atoms with Gasteiger partial charge in [-0.15, -0.1) is 0 Å². The molecule has 0 unspecified atom stereocenters. The Morgan fingerprint density at radius 1 is 1.00 bits per heavy atom. The van der Waals surface area contributed by atoms with E-state index in [1.807, 2.05) is 47.9 Å². The van der Waals surface area contributed by atoms with E-state index in [-0.39, 0.29) is 28.9 Å². The summed E-state index contributed by atoms with van der Waals surface area (Å²) in [7, 11) is 0. The Bertz CT molecular complexity index is 838. The van der Waals surface area contributed by atoms with Gasteiger partial charge in [0.2, 0.25) is 11.8 Å². The van der Waals surface area contributed by atoms with Gasteiger partial charge in [-0.25, -0.2) is 0 Å². The molecule has 2 aliphatic heterocycles. The average molecular weight is 429 g/mol. The third-order valence-electron chi connectivity index (χ3n) is 7.61. The summed E-state index contributed by atoms with van der Waals surface area (Å²) in [5.74, 6) is 1.11. The summed E-state index contributed by atoms with van der Waals surface area (Å²) in [6.45, 7) is 9.21. The fourth-order valence-electron chi connectivity index (χ4n) is 5.48. The molecule has 1 aromatic carbocycles. The summed E-state index contributed by atoms with van der Waals surface area (Å²) < 4.78 is 5.71. The molecule has 6 nitrogen and oxygen atoms in total. The highest BCUT2D eigenvalue weighted by molar-refractivity contribution is 6.00. The standard InChI is InChI=1S/C25H36N2O4/c1-18(2)31-20-7-5-19(6-8-20)26-16-15-24(22(26)29)11-13-25(30,14-12-24)17-27-21(28)9-10-23(27,3)4/h5-8,18,30H,9-17H2,1-4H3/t24-,25-. The van der Waals surface area contributed by atoms with Gasteiger partial charge in [-0.2, -0.15) is 0 Å². The molecule has 1 saturated carbocycles. The quantitative estimate of drug-likeness (QED) is 0.772. The van der Waals surface area contributed by atoms with Gasteiger partial charge in [0, 0.05) is 30.7 Å². The van der Waals surface area contributed by atoms with Crippen LogP contribution in [0.4, 0.5) is 5.69 Å². The number of carbonyl (C=O) groups is 2. The van der Waals surface area contributed by atoms with Gasteiger partial charge in [0.1, 0.15) is 5.75 Å². The first-order valence-corrected chi connectivity index (χ1v) is 11.7. The zero-order valence-corrected chi connectivity index (χ0v) is 19.3. The molecule has 4 rings (SSSR count). The minimum absolute atomic E-state index is 0.116. The van der Waals surface area contributed by atoms with Crippen LogP contribution in [0.25, 0.3) is 0 Å². The molecule has 1 N–H and O–H groups in total. The van der Waals surface area contributed by atoms with Crippen molar-refractivity contribution in [1.82, 2.24) is 4.90 Å². The van der Waals surface area contributed by atoms with Gasteiger partial charge in [-0.1, -0.05) is 0 Å². The average Bonchev–Trinajstić information content (AvgIpc) is 3.16. The van der Waals surface area contributed by atoms with Crippen LogP contribution in [0.1, 0.15) is 72.6 Å². The first-order valence-electron chi connectivity index (χ1n) is 11.7. The molecule has 0 radical (unpaired) electrons. The highest BCUT2D eigenvalue weighted by Gasteiger charge is 2.53. The Labute approximate surface area is 185 Å². The maximum atomic E-state index is 13.4. The van der Waals surface area contributed by atoms with Crippen molar-refractivity contribution in [2.75, 3.05) is 18.0 Å². The molecular weight excluding hydrogens is 392 g/mol. The number of hydrogen-bond donors (Lipinski definition) is 1. The summed E-state index contributed by atoms with van der Waals surface area (Å²) in [6.07, 6.45) is 4.81. The van der Waals surface area contributed by atoms with Crippen molar-refractivity contribution in [2.45, 2.75) is 89.9 Å². The monoisotopic (exact) mass is 428 g/mol. The number of likely N-dealkylation sites (tertiary alicyclic amines) is 1. The summed E-state index contributed by atoms with van der Waals surface area (Å²) >= 11 is 0. The van der Waals surface area contributed by atoms with Crippen LogP contribution >= 0.6 is 0 Å². The van der Waals surface area contributed by atoms with E-state index in [0.29, 0.717) is 45.2 Å². The fourth-order valence-corrected chi connectivity index (χ4v) is 5.48. The number of β-amino-alcohol motifs (C(OH)–C–C–N with tert-alkyl or cyclic N) is 1. The van der Waals surface area contributed by atoms with Crippen LogP contribution in [0.3, 0.4) is 0 Å². The van der Waals surface area contributed by atoms with Gasteiger partial charge in [-0.3, -0.25) is 9.59 Å². The number of nitrogens with zero attached hydrogens (tertiary/aromatic N) is 2. The Kier molecular flexibility index (Phi) is 5.57. The number of ether oxygens (including phenoxy) is 1. The molecule has 1 aromatic rings. The summed E-state index contributed by atoms with van der Waals surface area (Å²) in [4.78, 5) is 29.5. The van der Waals surface area contributed by atoms with Crippen LogP contribution < -0.4 is 9.64 Å². The van der Waals surface area contributed by atoms with Gasteiger partial charge >= 0.3 is 0 Å². The first kappa shape index (κ1) is 22.1. The van der Waals surface area contributed by atoms with E-state index in [4.69, 9.17) is 4.74 Å². The zero-order chi connectivity index (χ0) is 22.4. The number of rotatable bonds is 5. The van der Waals surface area contributed by atoms with Crippen molar-refractivity contribution >= 4 is 17.5 Å². The predicted octanol–water partition coefficient (Wildman–Crippen LogP) is 3.90. The van der Waals surface area contributed by atoms with Crippen molar-refractivity contribution in [3.63, 3.8) is 0 Å². The van der Waals surface area contributed by atoms with Gasteiger partial charge < -0.3 is 19.6 Å². The van der Waals surface area contributed by atoms with Crippen molar-refractivity contribution in [1.29, 1.82) is 0 Å². The van der Waals surface area contributed by atoms with E-state index >= 15 is 0 Å². The number of aliphatic hydroxyl groups is 1. The van der Waals surface area contributed by atoms with Crippen molar-refractivity contribution in [2.24, 2.45) is 5.41 Å². The molecule has 2 amide bonds. The highest BCUT2D eigenvalue weighted by atomic mass is 16.5. The van der Waals surface area contributed by atoms with E-state index in [9.17, 15) is 14.7 Å². The molecule has 1 spiro atoms. The Balaban J connectivity index is 1.41. The fraction of sp³-hybridized carbons (Fsp3) is 0.680. The van der Waals surface area contributed by atoms with Gasteiger partial charge in [0.25, 0.3) is 0 Å². The van der Waals surface area contributed by atoms with Crippen LogP contribution in [-0.2, 0) is 9.59 Å². The smallest absolute Gasteiger partial charge is 0.233 e. The van der Waals surface area contributed by atoms with Crippen LogP contribution in [0.5, 0.6) is 5.75 Å². The summed E-state index contributed by atoms with van der Waals surface area (Å²) in [5, 5.41) is 11.3. The number of hydrogen-bond acceptors (Lipinski definition) is 4. The van der Waals surface area contributed by atoms with Crippen LogP contribution in [0.2, 0.25) is 0 Å². The van der Waals surface area contributed by atoms with Crippen molar-refractivity contribution in [3.05, 3.63) is 24.3 Å². The van der Waals surface area contributed by atoms with E-state index in [1.165, 1.54) is 0 Å². The molecule has 170 valence electrons. The topological polar surface area (TPSA) is 70.1 Å². The maximum Gasteiger partial charge on any atom is 0.233 e. The Morgan fingerprint density at radius 2 is 1.65 bits per heavy atom. The molecule has 0 bridgehead atoms. The lowest BCUT2D eigenvalue weighted by atomic mass is 9.67. The van der Waals surface area contributed by atoms with Crippen LogP contribution in [0, 0.1) is 5.41 Å². The molecule has 3 aliphatic rings. The molecule has 1 aliphatic carbocycles. The largest absolute Gasteiger partial charge is 0.491 e. The molecule has 2 saturated heterocycles. The molecule has 6 heteroatoms. The van der Waals surface area contributed by atoms with Crippen LogP contribution in [0.15, 0.2) is 24.3 Å². The van der Waals surface area contributed by atoms with Gasteiger partial charge in [0.05, 0.1) is 17.1 Å². The lowest BCUT2D eigenvalue weighted by Crippen LogP contribution is -2.53. The van der Waals surface area contributed by atoms with E-state index < -0.39 is 5.60 Å². The summed E-state index contributed by atoms with van der Waals surface area (Å²) in [5.41, 5.74) is -0.577. The first-order chi connectivity index (χ1) is 14.5. The minimum Gasteiger partial charge on any atom is -0.491 e. The van der Waals surface area contributed by atoms with E-state index in [1.54, 1.807) is 0 Å². The molecule has 31 heavy (non-hydrogen) atoms. The number of benzene rings is 1. The second-order valence-electron chi connectivity index (χ2n) is 10.7. The lowest BCUT2D eigenvalue weighted by molar-refractivity contribution is -0.141. The molecular formula is C25H36N2O4. The maximum absolute atomic E-state index is 13.4. The van der Waals surface area contributed by atoms with Crippen LogP contribution in [-0.4, -0.2) is 52.2 Å². The molecule has 3 fully saturated rings. The Morgan fingerprint density at radius 3 is 2.19 bits per heavy atom. The lowest BCUT2D eigenvalue weighted by Gasteiger charge is -2.44. The van der Waals surface area contributed by atoms with Crippen molar-refractivity contribution < 1.29 is 19.4 Å². The molecule has 0 atom stereocenters. The van der Waals surface area contributed by atoms with Crippen molar-refractivity contribution in [3.8, 4) is 5.75 Å². The summed E-state index contributed by atoms with van der Waals surface area (Å²) in [6, 6.07) is 7.74.